The molecule has 0 atom stereocenters. The Kier molecular flexibility index (Phi) is 2.60. The Balaban J connectivity index is 2.23. The van der Waals surface area contributed by atoms with Crippen molar-refractivity contribution in [3.8, 4) is 0 Å². The zero-order valence-corrected chi connectivity index (χ0v) is 8.92. The van der Waals surface area contributed by atoms with Crippen molar-refractivity contribution in [1.29, 1.82) is 0 Å². The van der Waals surface area contributed by atoms with Gasteiger partial charge in [0.25, 0.3) is 0 Å². The second-order valence-electron chi connectivity index (χ2n) is 4.54. The fourth-order valence-corrected chi connectivity index (χ4v) is 2.47. The van der Waals surface area contributed by atoms with E-state index in [9.17, 15) is 0 Å². The Hall–Kier alpha value is -0.820. The first kappa shape index (κ1) is 9.72. The van der Waals surface area contributed by atoms with Crippen molar-refractivity contribution in [2.45, 2.75) is 38.0 Å². The van der Waals surface area contributed by atoms with Crippen LogP contribution in [0.1, 0.15) is 36.8 Å². The van der Waals surface area contributed by atoms with Crippen molar-refractivity contribution in [3.05, 3.63) is 35.4 Å². The average Bonchev–Trinajstić information content (AvgIpc) is 2.13. The molecule has 1 aromatic rings. The van der Waals surface area contributed by atoms with Crippen LogP contribution in [0.2, 0.25) is 0 Å². The van der Waals surface area contributed by atoms with Gasteiger partial charge in [0.15, 0.2) is 0 Å². The summed E-state index contributed by atoms with van der Waals surface area (Å²) in [5.41, 5.74) is 8.97. The molecule has 14 heavy (non-hydrogen) atoms. The Labute approximate surface area is 86.3 Å². The van der Waals surface area contributed by atoms with E-state index in [0.717, 1.165) is 13.0 Å². The molecule has 1 fully saturated rings. The van der Waals surface area contributed by atoms with Crippen LogP contribution in [0.5, 0.6) is 0 Å². The number of hydrogen-bond donors (Lipinski definition) is 1. The Morgan fingerprint density at radius 2 is 1.86 bits per heavy atom. The molecule has 1 saturated carbocycles. The summed E-state index contributed by atoms with van der Waals surface area (Å²) in [5, 5.41) is 0. The van der Waals surface area contributed by atoms with E-state index in [2.05, 4.69) is 31.2 Å². The van der Waals surface area contributed by atoms with E-state index in [-0.39, 0.29) is 0 Å². The molecule has 0 aliphatic heterocycles. The molecule has 1 nitrogen and oxygen atoms in total. The van der Waals surface area contributed by atoms with Gasteiger partial charge in [0.1, 0.15) is 0 Å². The molecule has 76 valence electrons. The first-order valence-electron chi connectivity index (χ1n) is 5.54. The zero-order valence-electron chi connectivity index (χ0n) is 8.92. The van der Waals surface area contributed by atoms with E-state index in [1.54, 1.807) is 0 Å². The van der Waals surface area contributed by atoms with Gasteiger partial charge in [0.05, 0.1) is 0 Å². The summed E-state index contributed by atoms with van der Waals surface area (Å²) >= 11 is 0. The summed E-state index contributed by atoms with van der Waals surface area (Å²) in [7, 11) is 0. The maximum atomic E-state index is 5.69. The lowest BCUT2D eigenvalue weighted by atomic mass is 9.62. The van der Waals surface area contributed by atoms with Gasteiger partial charge in [-0.05, 0) is 43.7 Å². The van der Waals surface area contributed by atoms with Gasteiger partial charge in [-0.15, -0.1) is 0 Å². The Morgan fingerprint density at radius 3 is 2.29 bits per heavy atom. The number of aryl methyl sites for hydroxylation is 1. The third-order valence-electron chi connectivity index (χ3n) is 3.60. The number of benzene rings is 1. The van der Waals surface area contributed by atoms with E-state index < -0.39 is 0 Å². The molecule has 1 heteroatoms. The third kappa shape index (κ3) is 1.57. The lowest BCUT2D eigenvalue weighted by Gasteiger charge is -2.42. The predicted molar refractivity (Wildman–Crippen MR) is 60.4 cm³/mol. The molecule has 0 heterocycles. The van der Waals surface area contributed by atoms with Gasteiger partial charge in [-0.1, -0.05) is 36.2 Å². The van der Waals surface area contributed by atoms with E-state index in [1.165, 1.54) is 30.4 Å². The fourth-order valence-electron chi connectivity index (χ4n) is 2.47. The predicted octanol–water partition coefficient (Wildman–Crippen LogP) is 2.77. The lowest BCUT2D eigenvalue weighted by molar-refractivity contribution is 0.229. The highest BCUT2D eigenvalue weighted by Crippen LogP contribution is 2.46. The minimum atomic E-state index is 0.433. The Morgan fingerprint density at radius 1 is 1.21 bits per heavy atom. The van der Waals surface area contributed by atoms with Crippen molar-refractivity contribution in [2.24, 2.45) is 5.73 Å². The van der Waals surface area contributed by atoms with Gasteiger partial charge in [-0.3, -0.25) is 0 Å². The van der Waals surface area contributed by atoms with Crippen LogP contribution in [-0.4, -0.2) is 6.54 Å². The summed E-state index contributed by atoms with van der Waals surface area (Å²) < 4.78 is 0. The van der Waals surface area contributed by atoms with Crippen molar-refractivity contribution < 1.29 is 0 Å². The highest BCUT2D eigenvalue weighted by Gasteiger charge is 2.37. The number of hydrogen-bond acceptors (Lipinski definition) is 1. The van der Waals surface area contributed by atoms with Gasteiger partial charge in [0, 0.05) is 0 Å². The average molecular weight is 189 g/mol. The quantitative estimate of drug-likeness (QED) is 0.777. The molecule has 0 bridgehead atoms. The standard InChI is InChI=1S/C13H19N/c1-11-3-5-12(6-4-11)13(9-10-14)7-2-8-13/h3-6H,2,7-10,14H2,1H3. The van der Waals surface area contributed by atoms with Crippen LogP contribution in [0.3, 0.4) is 0 Å². The summed E-state index contributed by atoms with van der Waals surface area (Å²) in [6.45, 7) is 2.95. The van der Waals surface area contributed by atoms with Crippen LogP contribution in [-0.2, 0) is 5.41 Å². The van der Waals surface area contributed by atoms with Crippen molar-refractivity contribution in [2.75, 3.05) is 6.54 Å². The molecular formula is C13H19N. The van der Waals surface area contributed by atoms with E-state index in [1.807, 2.05) is 0 Å². The van der Waals surface area contributed by atoms with Gasteiger partial charge >= 0.3 is 0 Å². The fraction of sp³-hybridized carbons (Fsp3) is 0.538. The minimum absolute atomic E-state index is 0.433. The highest BCUT2D eigenvalue weighted by atomic mass is 14.6. The molecule has 2 N–H and O–H groups in total. The summed E-state index contributed by atoms with van der Waals surface area (Å²) in [4.78, 5) is 0. The highest BCUT2D eigenvalue weighted by molar-refractivity contribution is 5.30. The van der Waals surface area contributed by atoms with Crippen LogP contribution in [0.15, 0.2) is 24.3 Å². The van der Waals surface area contributed by atoms with Crippen molar-refractivity contribution in [3.63, 3.8) is 0 Å². The van der Waals surface area contributed by atoms with Crippen LogP contribution in [0, 0.1) is 6.92 Å². The maximum absolute atomic E-state index is 5.69. The largest absolute Gasteiger partial charge is 0.330 e. The van der Waals surface area contributed by atoms with Crippen molar-refractivity contribution in [1.82, 2.24) is 0 Å². The summed E-state index contributed by atoms with van der Waals surface area (Å²) in [6, 6.07) is 8.99. The normalized spacial score (nSPS) is 19.0. The molecule has 0 unspecified atom stereocenters. The monoisotopic (exact) mass is 189 g/mol. The number of rotatable bonds is 3. The second kappa shape index (κ2) is 3.74. The molecule has 0 aromatic heterocycles. The number of nitrogens with two attached hydrogens (primary N) is 1. The molecule has 2 rings (SSSR count). The van der Waals surface area contributed by atoms with E-state index in [0.29, 0.717) is 5.41 Å². The maximum Gasteiger partial charge on any atom is -0.00350 e. The second-order valence-corrected chi connectivity index (χ2v) is 4.54. The third-order valence-corrected chi connectivity index (χ3v) is 3.60. The first-order chi connectivity index (χ1) is 6.77. The van der Waals surface area contributed by atoms with Gasteiger partial charge in [-0.2, -0.15) is 0 Å². The first-order valence-corrected chi connectivity index (χ1v) is 5.54. The van der Waals surface area contributed by atoms with Crippen LogP contribution in [0.25, 0.3) is 0 Å². The van der Waals surface area contributed by atoms with Crippen molar-refractivity contribution >= 4 is 0 Å². The zero-order chi connectivity index (χ0) is 10.0. The van der Waals surface area contributed by atoms with Crippen LogP contribution < -0.4 is 5.73 Å². The topological polar surface area (TPSA) is 26.0 Å². The molecule has 0 spiro atoms. The van der Waals surface area contributed by atoms with E-state index >= 15 is 0 Å². The molecule has 0 radical (unpaired) electrons. The molecule has 1 aliphatic carbocycles. The molecule has 0 amide bonds. The molecule has 0 saturated heterocycles. The lowest BCUT2D eigenvalue weighted by Crippen LogP contribution is -2.36. The molecule has 1 aliphatic rings. The summed E-state index contributed by atoms with van der Waals surface area (Å²) in [6.07, 6.45) is 5.17. The van der Waals surface area contributed by atoms with Gasteiger partial charge in [-0.25, -0.2) is 0 Å². The van der Waals surface area contributed by atoms with Gasteiger partial charge in [0.2, 0.25) is 0 Å². The van der Waals surface area contributed by atoms with Gasteiger partial charge < -0.3 is 5.73 Å². The summed E-state index contributed by atoms with van der Waals surface area (Å²) in [5.74, 6) is 0. The van der Waals surface area contributed by atoms with Crippen LogP contribution in [0.4, 0.5) is 0 Å². The smallest absolute Gasteiger partial charge is 0.00350 e. The minimum Gasteiger partial charge on any atom is -0.330 e. The SMILES string of the molecule is Cc1ccc(C2(CCN)CCC2)cc1. The Bertz CT molecular complexity index is 296. The molecule has 1 aromatic carbocycles. The van der Waals surface area contributed by atoms with Crippen LogP contribution >= 0.6 is 0 Å². The van der Waals surface area contributed by atoms with E-state index in [4.69, 9.17) is 5.73 Å². The molecular weight excluding hydrogens is 170 g/mol.